The monoisotopic (exact) mass is 215 g/mol. The lowest BCUT2D eigenvalue weighted by Crippen LogP contribution is -2.25. The third-order valence-electron chi connectivity index (χ3n) is 2.54. The molecule has 84 valence electrons. The van der Waals surface area contributed by atoms with Crippen molar-refractivity contribution in [1.82, 2.24) is 0 Å². The highest BCUT2D eigenvalue weighted by atomic mass is 19.1. The molecule has 0 fully saturated rings. The maximum Gasteiger partial charge on any atom is 0.303 e. The zero-order valence-electron chi connectivity index (χ0n) is 8.95. The van der Waals surface area contributed by atoms with Gasteiger partial charge in [0, 0.05) is 12.3 Å². The Balaban J connectivity index is 3.05. The van der Waals surface area contributed by atoms with Gasteiger partial charge in [-0.15, -0.1) is 0 Å². The van der Waals surface area contributed by atoms with Gasteiger partial charge in [0.2, 0.25) is 0 Å². The van der Waals surface area contributed by atoms with Crippen molar-refractivity contribution >= 4 is 0 Å². The van der Waals surface area contributed by atoms with Crippen LogP contribution in [-0.4, -0.2) is 10.0 Å². The zero-order chi connectivity index (χ0) is 11.8. The van der Waals surface area contributed by atoms with Gasteiger partial charge in [0.15, 0.2) is 5.83 Å². The van der Waals surface area contributed by atoms with E-state index in [4.69, 9.17) is 0 Å². The Hall–Kier alpha value is -1.39. The third kappa shape index (κ3) is 2.34. The Morgan fingerprint density at radius 1 is 1.60 bits per heavy atom. The van der Waals surface area contributed by atoms with Crippen molar-refractivity contribution in [2.24, 2.45) is 11.3 Å². The Morgan fingerprint density at radius 3 is 2.53 bits per heavy atom. The van der Waals surface area contributed by atoms with Crippen LogP contribution >= 0.6 is 0 Å². The molecule has 1 aliphatic carbocycles. The lowest BCUT2D eigenvalue weighted by atomic mass is 9.75. The van der Waals surface area contributed by atoms with E-state index >= 15 is 0 Å². The fraction of sp³-hybridized carbons (Fsp3) is 0.600. The average molecular weight is 215 g/mol. The molecule has 0 aromatic carbocycles. The van der Waals surface area contributed by atoms with Crippen molar-refractivity contribution in [3.8, 4) is 0 Å². The summed E-state index contributed by atoms with van der Waals surface area (Å²) in [4.78, 5) is 9.60. The van der Waals surface area contributed by atoms with Gasteiger partial charge in [-0.1, -0.05) is 20.8 Å². The van der Waals surface area contributed by atoms with Crippen molar-refractivity contribution in [1.29, 1.82) is 0 Å². The second kappa shape index (κ2) is 3.64. The highest BCUT2D eigenvalue weighted by Gasteiger charge is 2.36. The molecule has 1 atom stereocenters. The maximum absolute atomic E-state index is 13.3. The second-order valence-electron chi connectivity index (χ2n) is 4.74. The van der Waals surface area contributed by atoms with Crippen molar-refractivity contribution in [3.05, 3.63) is 33.5 Å². The minimum Gasteiger partial charge on any atom is -0.512 e. The molecule has 0 saturated carbocycles. The number of aliphatic hydroxyl groups excluding tert-OH is 1. The summed E-state index contributed by atoms with van der Waals surface area (Å²) >= 11 is 0. The van der Waals surface area contributed by atoms with Gasteiger partial charge >= 0.3 is 5.70 Å². The average Bonchev–Trinajstić information content (AvgIpc) is 2.06. The molecule has 15 heavy (non-hydrogen) atoms. The third-order valence-corrected chi connectivity index (χ3v) is 2.54. The van der Waals surface area contributed by atoms with Crippen LogP contribution in [0.3, 0.4) is 0 Å². The molecule has 0 bridgehead atoms. The van der Waals surface area contributed by atoms with Gasteiger partial charge < -0.3 is 5.11 Å². The van der Waals surface area contributed by atoms with Crippen molar-refractivity contribution < 1.29 is 14.4 Å². The first-order chi connectivity index (χ1) is 6.73. The topological polar surface area (TPSA) is 63.4 Å². The van der Waals surface area contributed by atoms with E-state index in [1.807, 2.05) is 20.8 Å². The van der Waals surface area contributed by atoms with Crippen LogP contribution in [-0.2, 0) is 0 Å². The molecule has 0 aromatic heterocycles. The summed E-state index contributed by atoms with van der Waals surface area (Å²) in [6.45, 7) is 5.56. The van der Waals surface area contributed by atoms with E-state index in [0.29, 0.717) is 0 Å². The molecule has 4 nitrogen and oxygen atoms in total. The van der Waals surface area contributed by atoms with E-state index in [0.717, 1.165) is 6.08 Å². The predicted octanol–water partition coefficient (Wildman–Crippen LogP) is 2.95. The zero-order valence-corrected chi connectivity index (χ0v) is 8.95. The first kappa shape index (κ1) is 11.7. The van der Waals surface area contributed by atoms with Gasteiger partial charge in [0.1, 0.15) is 5.76 Å². The number of rotatable bonds is 1. The van der Waals surface area contributed by atoms with Gasteiger partial charge in [0.05, 0.1) is 11.0 Å². The van der Waals surface area contributed by atoms with E-state index < -0.39 is 22.4 Å². The smallest absolute Gasteiger partial charge is 0.303 e. The molecule has 0 saturated heterocycles. The number of hydrogen-bond acceptors (Lipinski definition) is 3. The molecule has 0 aromatic rings. The van der Waals surface area contributed by atoms with Crippen LogP contribution in [0.25, 0.3) is 0 Å². The van der Waals surface area contributed by atoms with E-state index in [-0.39, 0.29) is 17.6 Å². The van der Waals surface area contributed by atoms with Crippen LogP contribution in [0.1, 0.15) is 27.2 Å². The molecule has 1 aliphatic rings. The number of nitrogens with zero attached hydrogens (tertiary/aromatic N) is 1. The summed E-state index contributed by atoms with van der Waals surface area (Å²) in [5.41, 5.74) is -0.951. The number of nitro groups is 1. The summed E-state index contributed by atoms with van der Waals surface area (Å²) in [5.74, 6) is -1.28. The van der Waals surface area contributed by atoms with Crippen molar-refractivity contribution in [2.45, 2.75) is 27.2 Å². The van der Waals surface area contributed by atoms with Gasteiger partial charge in [0.25, 0.3) is 0 Å². The van der Waals surface area contributed by atoms with Gasteiger partial charge in [-0.2, -0.15) is 0 Å². The molecule has 0 heterocycles. The molecule has 0 aliphatic heterocycles. The summed E-state index contributed by atoms with van der Waals surface area (Å²) in [6.07, 6.45) is 0.802. The number of hydrogen-bond donors (Lipinski definition) is 1. The minimum absolute atomic E-state index is 0.109. The summed E-state index contributed by atoms with van der Waals surface area (Å²) in [6, 6.07) is 0. The van der Waals surface area contributed by atoms with Crippen LogP contribution in [0.4, 0.5) is 4.39 Å². The molecular formula is C10H14FNO3. The van der Waals surface area contributed by atoms with Gasteiger partial charge in [-0.05, 0) is 5.41 Å². The summed E-state index contributed by atoms with van der Waals surface area (Å²) in [5, 5.41) is 20.0. The Bertz CT molecular complexity index is 352. The molecule has 0 spiro atoms. The van der Waals surface area contributed by atoms with Gasteiger partial charge in [-0.25, -0.2) is 4.39 Å². The lowest BCUT2D eigenvalue weighted by molar-refractivity contribution is -0.422. The van der Waals surface area contributed by atoms with Crippen LogP contribution in [0.5, 0.6) is 0 Å². The maximum atomic E-state index is 13.3. The van der Waals surface area contributed by atoms with Crippen LogP contribution in [0.2, 0.25) is 0 Å². The number of halogens is 1. The second-order valence-corrected chi connectivity index (χ2v) is 4.74. The SMILES string of the molecule is CC(C)(C)C1CC(F)=C([N+](=O)[O-])C=C1O. The molecule has 1 N–H and O–H groups in total. The van der Waals surface area contributed by atoms with Crippen LogP contribution < -0.4 is 0 Å². The van der Waals surface area contributed by atoms with Gasteiger partial charge in [-0.3, -0.25) is 10.1 Å². The van der Waals surface area contributed by atoms with Crippen LogP contribution in [0, 0.1) is 21.4 Å². The first-order valence-corrected chi connectivity index (χ1v) is 4.67. The van der Waals surface area contributed by atoms with E-state index in [2.05, 4.69) is 0 Å². The van der Waals surface area contributed by atoms with E-state index in [1.54, 1.807) is 0 Å². The van der Waals surface area contributed by atoms with Crippen molar-refractivity contribution in [3.63, 3.8) is 0 Å². The fourth-order valence-electron chi connectivity index (χ4n) is 1.61. The molecular weight excluding hydrogens is 201 g/mol. The standard InChI is InChI=1S/C10H14FNO3/c1-10(2,3)6-4-7(11)8(12(14)15)5-9(6)13/h5-6,13H,4H2,1-3H3. The predicted molar refractivity (Wildman–Crippen MR) is 53.4 cm³/mol. The molecule has 5 heteroatoms. The Morgan fingerprint density at radius 2 is 2.13 bits per heavy atom. The number of allylic oxidation sites excluding steroid dienone is 3. The normalized spacial score (nSPS) is 22.7. The highest BCUT2D eigenvalue weighted by molar-refractivity contribution is 5.25. The van der Waals surface area contributed by atoms with Crippen molar-refractivity contribution in [2.75, 3.05) is 0 Å². The fourth-order valence-corrected chi connectivity index (χ4v) is 1.61. The Labute approximate surface area is 87.3 Å². The lowest BCUT2D eigenvalue weighted by Gasteiger charge is -2.30. The molecule has 1 rings (SSSR count). The summed E-state index contributed by atoms with van der Waals surface area (Å²) < 4.78 is 13.3. The molecule has 1 unspecified atom stereocenters. The Kier molecular flexibility index (Phi) is 2.83. The first-order valence-electron chi connectivity index (χ1n) is 4.67. The number of aliphatic hydroxyl groups is 1. The molecule has 0 radical (unpaired) electrons. The quantitative estimate of drug-likeness (QED) is 0.540. The van der Waals surface area contributed by atoms with Crippen LogP contribution in [0.15, 0.2) is 23.4 Å². The van der Waals surface area contributed by atoms with E-state index in [1.165, 1.54) is 0 Å². The highest BCUT2D eigenvalue weighted by Crippen LogP contribution is 2.40. The largest absolute Gasteiger partial charge is 0.512 e. The van der Waals surface area contributed by atoms with E-state index in [9.17, 15) is 19.6 Å². The summed E-state index contributed by atoms with van der Waals surface area (Å²) in [7, 11) is 0. The molecule has 0 amide bonds. The minimum atomic E-state index is -0.815.